The Morgan fingerprint density at radius 1 is 1.10 bits per heavy atom. The van der Waals surface area contributed by atoms with E-state index in [4.69, 9.17) is 0 Å². The van der Waals surface area contributed by atoms with Crippen molar-refractivity contribution in [1.29, 1.82) is 0 Å². The van der Waals surface area contributed by atoms with Gasteiger partial charge in [-0.05, 0) is 41.8 Å². The van der Waals surface area contributed by atoms with E-state index in [9.17, 15) is 14.0 Å². The standard InChI is InChI=1S/C22H24FN5O2S/c1-14(2)17-6-4-5-7-18(17)25-20(29)13-31-22-27-26-19(28(22)3)12-24-21(30)15-8-10-16(23)11-9-15/h4-11,14H,12-13H2,1-3H3,(H,24,30)(H,25,29). The molecule has 0 aliphatic carbocycles. The molecular weight excluding hydrogens is 417 g/mol. The van der Waals surface area contributed by atoms with Gasteiger partial charge >= 0.3 is 0 Å². The zero-order valence-corrected chi connectivity index (χ0v) is 18.4. The summed E-state index contributed by atoms with van der Waals surface area (Å²) in [6.45, 7) is 4.32. The van der Waals surface area contributed by atoms with Gasteiger partial charge in [-0.2, -0.15) is 0 Å². The number of benzene rings is 2. The summed E-state index contributed by atoms with van der Waals surface area (Å²) < 4.78 is 14.7. The lowest BCUT2D eigenvalue weighted by molar-refractivity contribution is -0.113. The maximum absolute atomic E-state index is 13.0. The van der Waals surface area contributed by atoms with Crippen molar-refractivity contribution in [3.8, 4) is 0 Å². The van der Waals surface area contributed by atoms with E-state index >= 15 is 0 Å². The molecule has 2 N–H and O–H groups in total. The summed E-state index contributed by atoms with van der Waals surface area (Å²) in [5.41, 5.74) is 2.25. The van der Waals surface area contributed by atoms with Crippen LogP contribution in [0.1, 0.15) is 41.5 Å². The third kappa shape index (κ3) is 5.91. The van der Waals surface area contributed by atoms with Crippen LogP contribution in [0.4, 0.5) is 10.1 Å². The molecule has 0 aliphatic heterocycles. The zero-order chi connectivity index (χ0) is 22.4. The zero-order valence-electron chi connectivity index (χ0n) is 17.6. The Hall–Kier alpha value is -3.20. The van der Waals surface area contributed by atoms with Gasteiger partial charge in [-0.25, -0.2) is 4.39 Å². The number of amides is 2. The highest BCUT2D eigenvalue weighted by molar-refractivity contribution is 7.99. The Morgan fingerprint density at radius 3 is 2.52 bits per heavy atom. The number of aromatic nitrogens is 3. The number of anilines is 1. The van der Waals surface area contributed by atoms with E-state index in [0.717, 1.165) is 11.3 Å². The van der Waals surface area contributed by atoms with E-state index in [1.807, 2.05) is 24.3 Å². The third-order valence-corrected chi connectivity index (χ3v) is 5.65. The molecule has 0 radical (unpaired) electrons. The lowest BCUT2D eigenvalue weighted by Crippen LogP contribution is -2.24. The molecule has 3 aromatic rings. The van der Waals surface area contributed by atoms with Gasteiger partial charge < -0.3 is 15.2 Å². The van der Waals surface area contributed by atoms with Crippen molar-refractivity contribution in [2.45, 2.75) is 31.5 Å². The molecule has 31 heavy (non-hydrogen) atoms. The van der Waals surface area contributed by atoms with Crippen LogP contribution in [0.5, 0.6) is 0 Å². The monoisotopic (exact) mass is 441 g/mol. The van der Waals surface area contributed by atoms with Crippen molar-refractivity contribution in [3.05, 3.63) is 71.3 Å². The second-order valence-corrected chi connectivity index (χ2v) is 8.17. The highest BCUT2D eigenvalue weighted by Crippen LogP contribution is 2.24. The third-order valence-electron chi connectivity index (χ3n) is 4.63. The SMILES string of the molecule is CC(C)c1ccccc1NC(=O)CSc1nnc(CNC(=O)c2ccc(F)cc2)n1C. The van der Waals surface area contributed by atoms with Crippen molar-refractivity contribution >= 4 is 29.3 Å². The van der Waals surface area contributed by atoms with Gasteiger partial charge in [-0.1, -0.05) is 43.8 Å². The summed E-state index contributed by atoms with van der Waals surface area (Å²) in [7, 11) is 1.77. The van der Waals surface area contributed by atoms with Crippen LogP contribution >= 0.6 is 11.8 Å². The fraction of sp³-hybridized carbons (Fsp3) is 0.273. The summed E-state index contributed by atoms with van der Waals surface area (Å²) in [4.78, 5) is 24.6. The van der Waals surface area contributed by atoms with Crippen LogP contribution in [-0.4, -0.2) is 32.3 Å². The van der Waals surface area contributed by atoms with E-state index in [-0.39, 0.29) is 24.1 Å². The van der Waals surface area contributed by atoms with Crippen LogP contribution in [0.25, 0.3) is 0 Å². The normalized spacial score (nSPS) is 10.9. The van der Waals surface area contributed by atoms with Gasteiger partial charge in [0.1, 0.15) is 5.82 Å². The molecule has 0 saturated carbocycles. The number of hydrogen-bond donors (Lipinski definition) is 2. The van der Waals surface area contributed by atoms with Gasteiger partial charge in [0.25, 0.3) is 5.91 Å². The van der Waals surface area contributed by atoms with E-state index in [1.165, 1.54) is 36.0 Å². The van der Waals surface area contributed by atoms with Crippen molar-refractivity contribution in [3.63, 3.8) is 0 Å². The van der Waals surface area contributed by atoms with Crippen LogP contribution in [0, 0.1) is 5.82 Å². The number of rotatable bonds is 8. The van der Waals surface area contributed by atoms with Crippen LogP contribution < -0.4 is 10.6 Å². The molecule has 7 nitrogen and oxygen atoms in total. The number of nitrogens with one attached hydrogen (secondary N) is 2. The molecule has 2 aromatic carbocycles. The predicted molar refractivity (Wildman–Crippen MR) is 118 cm³/mol. The molecule has 1 heterocycles. The van der Waals surface area contributed by atoms with Crippen LogP contribution in [-0.2, 0) is 18.4 Å². The Balaban J connectivity index is 1.54. The fourth-order valence-corrected chi connectivity index (χ4v) is 3.65. The summed E-state index contributed by atoms with van der Waals surface area (Å²) in [6, 6.07) is 13.0. The smallest absolute Gasteiger partial charge is 0.251 e. The lowest BCUT2D eigenvalue weighted by atomic mass is 10.0. The summed E-state index contributed by atoms with van der Waals surface area (Å²) in [5.74, 6) is 0.162. The number of hydrogen-bond acceptors (Lipinski definition) is 5. The highest BCUT2D eigenvalue weighted by atomic mass is 32.2. The van der Waals surface area contributed by atoms with Crippen molar-refractivity contribution < 1.29 is 14.0 Å². The minimum Gasteiger partial charge on any atom is -0.345 e. The van der Waals surface area contributed by atoms with Gasteiger partial charge in [0.15, 0.2) is 11.0 Å². The number of carbonyl (C=O) groups is 2. The average Bonchev–Trinajstić information content (AvgIpc) is 3.10. The van der Waals surface area contributed by atoms with E-state index < -0.39 is 5.82 Å². The fourth-order valence-electron chi connectivity index (χ4n) is 2.92. The van der Waals surface area contributed by atoms with E-state index in [0.29, 0.717) is 22.5 Å². The molecule has 3 rings (SSSR count). The van der Waals surface area contributed by atoms with Crippen LogP contribution in [0.15, 0.2) is 53.7 Å². The first-order valence-electron chi connectivity index (χ1n) is 9.78. The number of para-hydroxylation sites is 1. The predicted octanol–water partition coefficient (Wildman–Crippen LogP) is 3.74. The summed E-state index contributed by atoms with van der Waals surface area (Å²) >= 11 is 1.26. The summed E-state index contributed by atoms with van der Waals surface area (Å²) in [6.07, 6.45) is 0. The minimum atomic E-state index is -0.400. The van der Waals surface area contributed by atoms with Gasteiger partial charge in [0, 0.05) is 18.3 Å². The quantitative estimate of drug-likeness (QED) is 0.520. The van der Waals surface area contributed by atoms with Gasteiger partial charge in [0.2, 0.25) is 5.91 Å². The molecule has 1 aromatic heterocycles. The van der Waals surface area contributed by atoms with Gasteiger partial charge in [-0.15, -0.1) is 10.2 Å². The highest BCUT2D eigenvalue weighted by Gasteiger charge is 2.14. The topological polar surface area (TPSA) is 88.9 Å². The molecule has 2 amide bonds. The van der Waals surface area contributed by atoms with Crippen molar-refractivity contribution in [1.82, 2.24) is 20.1 Å². The maximum atomic E-state index is 13.0. The lowest BCUT2D eigenvalue weighted by Gasteiger charge is -2.13. The maximum Gasteiger partial charge on any atom is 0.251 e. The molecule has 0 saturated heterocycles. The van der Waals surface area contributed by atoms with Gasteiger partial charge in [0.05, 0.1) is 12.3 Å². The van der Waals surface area contributed by atoms with E-state index in [2.05, 4.69) is 34.7 Å². The Kier molecular flexibility index (Phi) is 7.41. The van der Waals surface area contributed by atoms with Gasteiger partial charge in [-0.3, -0.25) is 9.59 Å². The van der Waals surface area contributed by atoms with E-state index in [1.54, 1.807) is 11.6 Å². The molecule has 0 fully saturated rings. The molecular formula is C22H24FN5O2S. The molecule has 9 heteroatoms. The Morgan fingerprint density at radius 2 is 1.81 bits per heavy atom. The molecule has 0 unspecified atom stereocenters. The number of nitrogens with zero attached hydrogens (tertiary/aromatic N) is 3. The first-order chi connectivity index (χ1) is 14.8. The largest absolute Gasteiger partial charge is 0.345 e. The average molecular weight is 442 g/mol. The Bertz CT molecular complexity index is 1070. The number of carbonyl (C=O) groups excluding carboxylic acids is 2. The molecule has 162 valence electrons. The second kappa shape index (κ2) is 10.2. The Labute approximate surface area is 184 Å². The minimum absolute atomic E-state index is 0.132. The number of halogens is 1. The molecule has 0 atom stereocenters. The molecule has 0 spiro atoms. The number of thioether (sulfide) groups is 1. The molecule has 0 aliphatic rings. The second-order valence-electron chi connectivity index (χ2n) is 7.23. The van der Waals surface area contributed by atoms with Crippen molar-refractivity contribution in [2.24, 2.45) is 7.05 Å². The van der Waals surface area contributed by atoms with Crippen LogP contribution in [0.2, 0.25) is 0 Å². The summed E-state index contributed by atoms with van der Waals surface area (Å²) in [5, 5.41) is 14.4. The molecule has 0 bridgehead atoms. The first kappa shape index (κ1) is 22.5. The first-order valence-corrected chi connectivity index (χ1v) is 10.8. The van der Waals surface area contributed by atoms with Crippen LogP contribution in [0.3, 0.4) is 0 Å². The van der Waals surface area contributed by atoms with Crippen molar-refractivity contribution in [2.75, 3.05) is 11.1 Å².